The summed E-state index contributed by atoms with van der Waals surface area (Å²) in [5, 5.41) is 0.516. The molecule has 1 heterocycles. The van der Waals surface area contributed by atoms with E-state index in [0.717, 1.165) is 0 Å². The van der Waals surface area contributed by atoms with Crippen molar-refractivity contribution in [2.24, 2.45) is 5.73 Å². The molecule has 0 amide bonds. The molecule has 0 aliphatic heterocycles. The number of methoxy groups -OCH3 is 2. The zero-order valence-corrected chi connectivity index (χ0v) is 12.9. The van der Waals surface area contributed by atoms with E-state index in [1.807, 2.05) is 0 Å². The molecule has 22 heavy (non-hydrogen) atoms. The molecule has 0 saturated carbocycles. The molecule has 0 aliphatic rings. The maximum Gasteiger partial charge on any atom is 0.338 e. The maximum absolute atomic E-state index is 11.9. The second kappa shape index (κ2) is 6.74. The van der Waals surface area contributed by atoms with Crippen molar-refractivity contribution in [3.8, 4) is 11.3 Å². The molecule has 2 rings (SSSR count). The summed E-state index contributed by atoms with van der Waals surface area (Å²) in [6.45, 7) is 0. The summed E-state index contributed by atoms with van der Waals surface area (Å²) in [6.07, 6.45) is 0.654. The first-order valence-corrected chi connectivity index (χ1v) is 6.78. The summed E-state index contributed by atoms with van der Waals surface area (Å²) in [6, 6.07) is 6.70. The van der Waals surface area contributed by atoms with Gasteiger partial charge in [-0.2, -0.15) is 0 Å². The fourth-order valence-electron chi connectivity index (χ4n) is 2.11. The van der Waals surface area contributed by atoms with Gasteiger partial charge in [-0.25, -0.2) is 4.79 Å². The van der Waals surface area contributed by atoms with E-state index >= 15 is 0 Å². The molecule has 0 aliphatic carbocycles. The first-order chi connectivity index (χ1) is 10.5. The molecule has 0 bridgehead atoms. The number of nitrogen functional groups attached to an aromatic ring is 1. The Labute approximate surface area is 133 Å². The lowest BCUT2D eigenvalue weighted by molar-refractivity contribution is 0.0586. The smallest absolute Gasteiger partial charge is 0.338 e. The molecule has 1 aromatic heterocycles. The largest absolute Gasteiger partial charge is 0.465 e. The van der Waals surface area contributed by atoms with Crippen LogP contribution in [0.4, 0.5) is 5.69 Å². The SMILES string of the molecule is COC(=O)c1ccc(-c2ccc(Cl)cn2)c(N)c1C(N)OC. The van der Waals surface area contributed by atoms with Gasteiger partial charge in [-0.15, -0.1) is 0 Å². The zero-order chi connectivity index (χ0) is 16.3. The van der Waals surface area contributed by atoms with Gasteiger partial charge in [0.25, 0.3) is 0 Å². The molecule has 1 atom stereocenters. The number of aromatic nitrogens is 1. The number of ether oxygens (including phenoxy) is 2. The molecule has 7 heteroatoms. The molecule has 0 saturated heterocycles. The Hall–Kier alpha value is -2.15. The lowest BCUT2D eigenvalue weighted by Gasteiger charge is -2.19. The number of carbonyl (C=O) groups is 1. The number of rotatable bonds is 4. The number of esters is 1. The van der Waals surface area contributed by atoms with Gasteiger partial charge in [-0.05, 0) is 24.3 Å². The summed E-state index contributed by atoms with van der Waals surface area (Å²) in [5.74, 6) is -0.537. The minimum Gasteiger partial charge on any atom is -0.465 e. The van der Waals surface area contributed by atoms with Crippen molar-refractivity contribution in [2.45, 2.75) is 6.23 Å². The number of benzene rings is 1. The minimum atomic E-state index is -0.860. The average Bonchev–Trinajstić information content (AvgIpc) is 2.54. The van der Waals surface area contributed by atoms with Crippen LogP contribution in [0, 0.1) is 0 Å². The van der Waals surface area contributed by atoms with Crippen molar-refractivity contribution in [1.29, 1.82) is 0 Å². The molecule has 2 aromatic rings. The van der Waals surface area contributed by atoms with Crippen molar-refractivity contribution in [2.75, 3.05) is 20.0 Å². The van der Waals surface area contributed by atoms with E-state index in [0.29, 0.717) is 27.5 Å². The van der Waals surface area contributed by atoms with E-state index in [2.05, 4.69) is 4.98 Å². The van der Waals surface area contributed by atoms with Gasteiger partial charge in [0.1, 0.15) is 6.23 Å². The van der Waals surface area contributed by atoms with Crippen LogP contribution in [0.5, 0.6) is 0 Å². The van der Waals surface area contributed by atoms with Crippen LogP contribution in [0.25, 0.3) is 11.3 Å². The fourth-order valence-corrected chi connectivity index (χ4v) is 2.22. The molecular formula is C15H16ClN3O3. The van der Waals surface area contributed by atoms with E-state index in [1.54, 1.807) is 24.3 Å². The maximum atomic E-state index is 11.9. The first-order valence-electron chi connectivity index (χ1n) is 6.40. The number of nitrogens with two attached hydrogens (primary N) is 2. The van der Waals surface area contributed by atoms with E-state index in [-0.39, 0.29) is 5.56 Å². The third kappa shape index (κ3) is 3.04. The molecular weight excluding hydrogens is 306 g/mol. The van der Waals surface area contributed by atoms with Crippen molar-refractivity contribution in [3.05, 3.63) is 46.6 Å². The Morgan fingerprint density at radius 2 is 2.00 bits per heavy atom. The Balaban J connectivity index is 2.63. The minimum absolute atomic E-state index is 0.257. The molecule has 4 N–H and O–H groups in total. The van der Waals surface area contributed by atoms with Gasteiger partial charge < -0.3 is 20.9 Å². The predicted octanol–water partition coefficient (Wildman–Crippen LogP) is 2.37. The van der Waals surface area contributed by atoms with Gasteiger partial charge in [0.15, 0.2) is 0 Å². The van der Waals surface area contributed by atoms with E-state index in [4.69, 9.17) is 32.5 Å². The second-order valence-electron chi connectivity index (χ2n) is 4.50. The summed E-state index contributed by atoms with van der Waals surface area (Å²) >= 11 is 5.83. The topological polar surface area (TPSA) is 100 Å². The van der Waals surface area contributed by atoms with Crippen molar-refractivity contribution in [3.63, 3.8) is 0 Å². The molecule has 0 radical (unpaired) electrons. The highest BCUT2D eigenvalue weighted by Crippen LogP contribution is 2.33. The molecule has 0 spiro atoms. The standard InChI is InChI=1S/C15H16ClN3O3/c1-21-14(18)12-10(15(20)22-2)5-4-9(13(12)17)11-6-3-8(16)7-19-11/h3-7,14H,17-18H2,1-2H3. The monoisotopic (exact) mass is 321 g/mol. The third-order valence-electron chi connectivity index (χ3n) is 3.23. The van der Waals surface area contributed by atoms with E-state index in [1.165, 1.54) is 20.4 Å². The summed E-state index contributed by atoms with van der Waals surface area (Å²) in [7, 11) is 2.72. The Morgan fingerprint density at radius 3 is 2.55 bits per heavy atom. The highest BCUT2D eigenvalue weighted by Gasteiger charge is 2.22. The third-order valence-corrected chi connectivity index (χ3v) is 3.46. The number of hydrogen-bond acceptors (Lipinski definition) is 6. The average molecular weight is 322 g/mol. The predicted molar refractivity (Wildman–Crippen MR) is 84.4 cm³/mol. The van der Waals surface area contributed by atoms with Gasteiger partial charge >= 0.3 is 5.97 Å². The van der Waals surface area contributed by atoms with Crippen molar-refractivity contribution >= 4 is 23.3 Å². The highest BCUT2D eigenvalue weighted by atomic mass is 35.5. The summed E-state index contributed by atoms with van der Waals surface area (Å²) in [5.41, 5.74) is 14.3. The van der Waals surface area contributed by atoms with Gasteiger partial charge in [-0.1, -0.05) is 11.6 Å². The van der Waals surface area contributed by atoms with Crippen LogP contribution in [0.3, 0.4) is 0 Å². The normalized spacial score (nSPS) is 12.0. The Morgan fingerprint density at radius 1 is 1.27 bits per heavy atom. The van der Waals surface area contributed by atoms with Crippen molar-refractivity contribution < 1.29 is 14.3 Å². The van der Waals surface area contributed by atoms with Crippen LogP contribution >= 0.6 is 11.6 Å². The molecule has 1 aromatic carbocycles. The lowest BCUT2D eigenvalue weighted by atomic mass is 9.97. The van der Waals surface area contributed by atoms with Crippen LogP contribution < -0.4 is 11.5 Å². The molecule has 6 nitrogen and oxygen atoms in total. The van der Waals surface area contributed by atoms with Crippen LogP contribution in [-0.4, -0.2) is 25.2 Å². The highest BCUT2D eigenvalue weighted by molar-refractivity contribution is 6.30. The summed E-state index contributed by atoms with van der Waals surface area (Å²) < 4.78 is 9.86. The van der Waals surface area contributed by atoms with Gasteiger partial charge in [0.05, 0.1) is 23.4 Å². The van der Waals surface area contributed by atoms with Gasteiger partial charge in [-0.3, -0.25) is 4.98 Å². The van der Waals surface area contributed by atoms with E-state index < -0.39 is 12.2 Å². The number of pyridine rings is 1. The summed E-state index contributed by atoms with van der Waals surface area (Å²) in [4.78, 5) is 16.1. The number of nitrogens with zero attached hydrogens (tertiary/aromatic N) is 1. The zero-order valence-electron chi connectivity index (χ0n) is 12.2. The van der Waals surface area contributed by atoms with Crippen LogP contribution in [0.15, 0.2) is 30.5 Å². The quantitative estimate of drug-likeness (QED) is 0.509. The molecule has 116 valence electrons. The van der Waals surface area contributed by atoms with E-state index in [9.17, 15) is 4.79 Å². The van der Waals surface area contributed by atoms with Gasteiger partial charge in [0.2, 0.25) is 0 Å². The fraction of sp³-hybridized carbons (Fsp3) is 0.200. The number of carbonyl (C=O) groups excluding carboxylic acids is 1. The van der Waals surface area contributed by atoms with Gasteiger partial charge in [0, 0.05) is 30.1 Å². The number of halogens is 1. The first kappa shape index (κ1) is 16.2. The second-order valence-corrected chi connectivity index (χ2v) is 4.93. The van der Waals surface area contributed by atoms with Crippen LogP contribution in [0.1, 0.15) is 22.1 Å². The van der Waals surface area contributed by atoms with Crippen molar-refractivity contribution in [1.82, 2.24) is 4.98 Å². The van der Waals surface area contributed by atoms with Crippen LogP contribution in [0.2, 0.25) is 5.02 Å². The van der Waals surface area contributed by atoms with Crippen LogP contribution in [-0.2, 0) is 9.47 Å². The number of anilines is 1. The number of hydrogen-bond donors (Lipinski definition) is 2. The Bertz CT molecular complexity index is 689. The molecule has 1 unspecified atom stereocenters. The lowest BCUT2D eigenvalue weighted by Crippen LogP contribution is -2.19. The molecule has 0 fully saturated rings. The Kier molecular flexibility index (Phi) is 4.97.